The summed E-state index contributed by atoms with van der Waals surface area (Å²) in [6.45, 7) is 0.782. The fraction of sp³-hybridized carbons (Fsp3) is 0.357. The van der Waals surface area contributed by atoms with Crippen LogP contribution in [0.2, 0.25) is 0 Å². The molecule has 0 radical (unpaired) electrons. The second kappa shape index (κ2) is 7.06. The van der Waals surface area contributed by atoms with Gasteiger partial charge in [-0.15, -0.1) is 0 Å². The topological polar surface area (TPSA) is 63.7 Å². The number of nitrogens with zero attached hydrogens (tertiary/aromatic N) is 1. The van der Waals surface area contributed by atoms with Crippen molar-refractivity contribution in [1.82, 2.24) is 4.90 Å². The first-order valence-corrected chi connectivity index (χ1v) is 6.21. The van der Waals surface area contributed by atoms with Gasteiger partial charge in [0.15, 0.2) is 0 Å². The van der Waals surface area contributed by atoms with E-state index in [4.69, 9.17) is 0 Å². The molecule has 1 aromatic rings. The third-order valence-electron chi connectivity index (χ3n) is 2.86. The van der Waals surface area contributed by atoms with E-state index in [9.17, 15) is 27.6 Å². The van der Waals surface area contributed by atoms with Crippen molar-refractivity contribution in [1.29, 1.82) is 0 Å². The summed E-state index contributed by atoms with van der Waals surface area (Å²) in [6, 6.07) is 6.36. The zero-order valence-corrected chi connectivity index (χ0v) is 11.9. The van der Waals surface area contributed by atoms with Gasteiger partial charge in [-0.3, -0.25) is 14.5 Å². The van der Waals surface area contributed by atoms with Gasteiger partial charge in [0.25, 0.3) is 0 Å². The Labute approximate surface area is 124 Å². The summed E-state index contributed by atoms with van der Waals surface area (Å²) in [7, 11) is 0.969. The van der Waals surface area contributed by atoms with E-state index < -0.39 is 30.0 Å². The van der Waals surface area contributed by atoms with E-state index >= 15 is 0 Å². The van der Waals surface area contributed by atoms with Crippen LogP contribution in [0.3, 0.4) is 0 Å². The van der Waals surface area contributed by atoms with Crippen LogP contribution in [0.1, 0.15) is 12.5 Å². The van der Waals surface area contributed by atoms with Gasteiger partial charge in [0.1, 0.15) is 6.04 Å². The minimum Gasteiger partial charge on any atom is -0.467 e. The van der Waals surface area contributed by atoms with Gasteiger partial charge in [0, 0.05) is 13.3 Å². The third-order valence-corrected chi connectivity index (χ3v) is 2.86. The molecule has 0 aromatic heterocycles. The van der Waals surface area contributed by atoms with Gasteiger partial charge >= 0.3 is 18.1 Å². The van der Waals surface area contributed by atoms with E-state index in [-0.39, 0.29) is 11.3 Å². The first-order chi connectivity index (χ1) is 10.2. The molecule has 0 saturated heterocycles. The second-order valence-corrected chi connectivity index (χ2v) is 4.42. The third kappa shape index (κ3) is 4.31. The molecule has 0 aliphatic carbocycles. The fourth-order valence-electron chi connectivity index (χ4n) is 1.89. The Morgan fingerprint density at radius 2 is 1.73 bits per heavy atom. The summed E-state index contributed by atoms with van der Waals surface area (Å²) in [6.07, 6.45) is -5.54. The zero-order chi connectivity index (χ0) is 16.9. The molecule has 5 nitrogen and oxygen atoms in total. The number of hydrogen-bond acceptors (Lipinski definition) is 4. The molecule has 8 heteroatoms. The number of amides is 2. The molecule has 1 rings (SSSR count). The number of hydrogen-bond donors (Lipinski definition) is 0. The van der Waals surface area contributed by atoms with Crippen LogP contribution in [0.4, 0.5) is 13.2 Å². The molecular weight excluding hydrogens is 303 g/mol. The largest absolute Gasteiger partial charge is 0.471 e. The molecule has 0 aliphatic heterocycles. The molecule has 0 heterocycles. The maximum atomic E-state index is 12.6. The number of halogens is 3. The number of rotatable bonds is 4. The minimum absolute atomic E-state index is 0.112. The highest BCUT2D eigenvalue weighted by molar-refractivity contribution is 6.00. The van der Waals surface area contributed by atoms with Crippen molar-refractivity contribution in [2.45, 2.75) is 25.6 Å². The molecule has 0 fully saturated rings. The van der Waals surface area contributed by atoms with Crippen LogP contribution in [0, 0.1) is 0 Å². The van der Waals surface area contributed by atoms with E-state index in [1.54, 1.807) is 30.3 Å². The van der Waals surface area contributed by atoms with Crippen molar-refractivity contribution >= 4 is 17.8 Å². The molecule has 1 aromatic carbocycles. The van der Waals surface area contributed by atoms with Crippen molar-refractivity contribution in [3.8, 4) is 0 Å². The Hall–Kier alpha value is -2.38. The van der Waals surface area contributed by atoms with Crippen LogP contribution < -0.4 is 0 Å². The van der Waals surface area contributed by atoms with E-state index in [0.717, 1.165) is 14.0 Å². The smallest absolute Gasteiger partial charge is 0.467 e. The quantitative estimate of drug-likeness (QED) is 0.793. The van der Waals surface area contributed by atoms with Crippen LogP contribution in [0.25, 0.3) is 0 Å². The van der Waals surface area contributed by atoms with Gasteiger partial charge in [-0.1, -0.05) is 30.3 Å². The molecule has 0 N–H and O–H groups in total. The molecule has 0 spiro atoms. The highest BCUT2D eigenvalue weighted by Gasteiger charge is 2.48. The molecule has 1 atom stereocenters. The van der Waals surface area contributed by atoms with E-state index in [2.05, 4.69) is 4.74 Å². The van der Waals surface area contributed by atoms with Crippen LogP contribution in [0.15, 0.2) is 30.3 Å². The predicted molar refractivity (Wildman–Crippen MR) is 69.5 cm³/mol. The molecule has 0 unspecified atom stereocenters. The normalized spacial score (nSPS) is 12.4. The number of carbonyl (C=O) groups is 3. The van der Waals surface area contributed by atoms with Gasteiger partial charge in [-0.05, 0) is 5.56 Å². The van der Waals surface area contributed by atoms with Crippen molar-refractivity contribution in [2.24, 2.45) is 0 Å². The zero-order valence-electron chi connectivity index (χ0n) is 11.9. The summed E-state index contributed by atoms with van der Waals surface area (Å²) in [5.74, 6) is -4.68. The Morgan fingerprint density at radius 1 is 1.18 bits per heavy atom. The first-order valence-electron chi connectivity index (χ1n) is 6.21. The summed E-state index contributed by atoms with van der Waals surface area (Å²) < 4.78 is 42.3. The standard InChI is InChI=1S/C14H14F3NO4/c1-9(19)18(13(21)14(15,16)17)11(12(20)22-2)8-10-6-4-3-5-7-10/h3-7,11H,8H2,1-2H3/t11-/m0/s1. The van der Waals surface area contributed by atoms with Crippen molar-refractivity contribution in [3.63, 3.8) is 0 Å². The maximum Gasteiger partial charge on any atom is 0.471 e. The summed E-state index contributed by atoms with van der Waals surface area (Å²) in [5, 5.41) is 0. The van der Waals surface area contributed by atoms with E-state index in [1.165, 1.54) is 0 Å². The van der Waals surface area contributed by atoms with E-state index in [1.807, 2.05) is 0 Å². The van der Waals surface area contributed by atoms with Crippen LogP contribution >= 0.6 is 0 Å². The molecule has 120 valence electrons. The summed E-state index contributed by atoms with van der Waals surface area (Å²) >= 11 is 0. The minimum atomic E-state index is -5.27. The Balaban J connectivity index is 3.19. The predicted octanol–water partition coefficient (Wildman–Crippen LogP) is 1.71. The van der Waals surface area contributed by atoms with Gasteiger partial charge in [-0.2, -0.15) is 13.2 Å². The highest BCUT2D eigenvalue weighted by Crippen LogP contribution is 2.22. The maximum absolute atomic E-state index is 12.6. The lowest BCUT2D eigenvalue weighted by Crippen LogP contribution is -2.53. The van der Waals surface area contributed by atoms with Gasteiger partial charge in [-0.25, -0.2) is 4.79 Å². The van der Waals surface area contributed by atoms with Gasteiger partial charge in [0.05, 0.1) is 7.11 Å². The average Bonchev–Trinajstić information content (AvgIpc) is 2.45. The van der Waals surface area contributed by atoms with Crippen LogP contribution in [-0.4, -0.2) is 42.0 Å². The Morgan fingerprint density at radius 3 is 2.14 bits per heavy atom. The first kappa shape index (κ1) is 17.7. The molecule has 0 bridgehead atoms. The van der Waals surface area contributed by atoms with Crippen molar-refractivity contribution in [3.05, 3.63) is 35.9 Å². The van der Waals surface area contributed by atoms with Gasteiger partial charge in [0.2, 0.25) is 5.91 Å². The molecule has 22 heavy (non-hydrogen) atoms. The fourth-order valence-corrected chi connectivity index (χ4v) is 1.89. The number of esters is 1. The summed E-state index contributed by atoms with van der Waals surface area (Å²) in [5.41, 5.74) is 0.485. The number of alkyl halides is 3. The molecule has 0 saturated carbocycles. The number of imide groups is 1. The van der Waals surface area contributed by atoms with Crippen molar-refractivity contribution < 1.29 is 32.3 Å². The highest BCUT2D eigenvalue weighted by atomic mass is 19.4. The van der Waals surface area contributed by atoms with Crippen molar-refractivity contribution in [2.75, 3.05) is 7.11 Å². The SMILES string of the molecule is COC(=O)[C@H](Cc1ccccc1)N(C(C)=O)C(=O)C(F)(F)F. The average molecular weight is 317 g/mol. The Bertz CT molecular complexity index is 557. The van der Waals surface area contributed by atoms with Gasteiger partial charge < -0.3 is 4.74 Å². The molecule has 0 aliphatic rings. The number of methoxy groups -OCH3 is 1. The lowest BCUT2D eigenvalue weighted by Gasteiger charge is -2.27. The number of benzene rings is 1. The van der Waals surface area contributed by atoms with Crippen LogP contribution in [0.5, 0.6) is 0 Å². The van der Waals surface area contributed by atoms with E-state index in [0.29, 0.717) is 5.56 Å². The molecule has 2 amide bonds. The lowest BCUT2D eigenvalue weighted by molar-refractivity contribution is -0.192. The molecular formula is C14H14F3NO4. The monoisotopic (exact) mass is 317 g/mol. The number of carbonyl (C=O) groups excluding carboxylic acids is 3. The number of ether oxygens (including phenoxy) is 1. The summed E-state index contributed by atoms with van der Waals surface area (Å²) in [4.78, 5) is 34.6. The van der Waals surface area contributed by atoms with Crippen LogP contribution in [-0.2, 0) is 25.5 Å². The lowest BCUT2D eigenvalue weighted by atomic mass is 10.0. The second-order valence-electron chi connectivity index (χ2n) is 4.42. The Kier molecular flexibility index (Phi) is 5.67.